The number of hydrogen-bond donors (Lipinski definition) is 3. The summed E-state index contributed by atoms with van der Waals surface area (Å²) in [6, 6.07) is -0.215. The molecule has 2 atom stereocenters. The lowest BCUT2D eigenvalue weighted by Crippen LogP contribution is -2.41. The Balaban J connectivity index is 2.03. The van der Waals surface area contributed by atoms with Gasteiger partial charge in [-0.25, -0.2) is 4.79 Å². The summed E-state index contributed by atoms with van der Waals surface area (Å²) in [4.78, 5) is 21.8. The van der Waals surface area contributed by atoms with E-state index in [1.165, 1.54) is 0 Å². The Labute approximate surface area is 107 Å². The molecule has 1 aliphatic heterocycles. The quantitative estimate of drug-likeness (QED) is 0.635. The number of carbonyl (C=O) groups is 2. The third-order valence-corrected chi connectivity index (χ3v) is 2.98. The van der Waals surface area contributed by atoms with E-state index in [4.69, 9.17) is 9.84 Å². The van der Waals surface area contributed by atoms with Crippen LogP contribution < -0.4 is 10.6 Å². The summed E-state index contributed by atoms with van der Waals surface area (Å²) in [5, 5.41) is 14.0. The molecule has 104 valence electrons. The zero-order valence-electron chi connectivity index (χ0n) is 10.8. The van der Waals surface area contributed by atoms with E-state index in [-0.39, 0.29) is 24.5 Å². The largest absolute Gasteiger partial charge is 0.481 e. The first kappa shape index (κ1) is 14.8. The van der Waals surface area contributed by atoms with E-state index in [9.17, 15) is 9.59 Å². The van der Waals surface area contributed by atoms with Gasteiger partial charge in [-0.3, -0.25) is 4.79 Å². The van der Waals surface area contributed by atoms with Crippen molar-refractivity contribution >= 4 is 12.0 Å². The smallest absolute Gasteiger partial charge is 0.314 e. The molecular formula is C12H22N2O4. The predicted molar refractivity (Wildman–Crippen MR) is 66.4 cm³/mol. The highest BCUT2D eigenvalue weighted by atomic mass is 16.5. The first-order valence-electron chi connectivity index (χ1n) is 6.43. The standard InChI is InChI=1S/C12H22N2O4/c1-9(4-5-11(15)16)7-13-12(17)14-8-10-3-2-6-18-10/h9-10H,2-8H2,1H3,(H,15,16)(H2,13,14,17). The van der Waals surface area contributed by atoms with Gasteiger partial charge in [0.25, 0.3) is 0 Å². The minimum Gasteiger partial charge on any atom is -0.481 e. The van der Waals surface area contributed by atoms with Crippen molar-refractivity contribution in [1.82, 2.24) is 10.6 Å². The van der Waals surface area contributed by atoms with Crippen LogP contribution in [0.25, 0.3) is 0 Å². The van der Waals surface area contributed by atoms with Crippen LogP contribution in [0.3, 0.4) is 0 Å². The summed E-state index contributed by atoms with van der Waals surface area (Å²) in [6.45, 7) is 3.73. The van der Waals surface area contributed by atoms with E-state index < -0.39 is 5.97 Å². The number of hydrogen-bond acceptors (Lipinski definition) is 3. The molecule has 0 saturated carbocycles. The second-order valence-corrected chi connectivity index (χ2v) is 4.76. The highest BCUT2D eigenvalue weighted by Crippen LogP contribution is 2.10. The highest BCUT2D eigenvalue weighted by Gasteiger charge is 2.16. The average Bonchev–Trinajstić information content (AvgIpc) is 2.84. The lowest BCUT2D eigenvalue weighted by atomic mass is 10.1. The fourth-order valence-corrected chi connectivity index (χ4v) is 1.81. The van der Waals surface area contributed by atoms with Crippen molar-refractivity contribution in [2.45, 2.75) is 38.7 Å². The van der Waals surface area contributed by atoms with Gasteiger partial charge in [-0.05, 0) is 25.2 Å². The van der Waals surface area contributed by atoms with Gasteiger partial charge in [-0.2, -0.15) is 0 Å². The van der Waals surface area contributed by atoms with Gasteiger partial charge in [-0.1, -0.05) is 6.92 Å². The molecule has 2 unspecified atom stereocenters. The van der Waals surface area contributed by atoms with Gasteiger partial charge in [0.05, 0.1) is 6.10 Å². The van der Waals surface area contributed by atoms with Crippen LogP contribution in [0.15, 0.2) is 0 Å². The van der Waals surface area contributed by atoms with Gasteiger partial charge < -0.3 is 20.5 Å². The first-order chi connectivity index (χ1) is 8.58. The number of amides is 2. The topological polar surface area (TPSA) is 87.7 Å². The second-order valence-electron chi connectivity index (χ2n) is 4.76. The summed E-state index contributed by atoms with van der Waals surface area (Å²) >= 11 is 0. The van der Waals surface area contributed by atoms with Crippen molar-refractivity contribution in [2.75, 3.05) is 19.7 Å². The molecule has 3 N–H and O–H groups in total. The van der Waals surface area contributed by atoms with Crippen LogP contribution in [0, 0.1) is 5.92 Å². The van der Waals surface area contributed by atoms with Crippen molar-refractivity contribution in [3.8, 4) is 0 Å². The van der Waals surface area contributed by atoms with Gasteiger partial charge >= 0.3 is 12.0 Å². The maximum atomic E-state index is 11.4. The number of urea groups is 1. The fourth-order valence-electron chi connectivity index (χ4n) is 1.81. The molecule has 1 saturated heterocycles. The number of carboxylic acids is 1. The minimum atomic E-state index is -0.801. The normalized spacial score (nSPS) is 20.4. The first-order valence-corrected chi connectivity index (χ1v) is 6.43. The number of carboxylic acid groups (broad SMARTS) is 1. The monoisotopic (exact) mass is 258 g/mol. The van der Waals surface area contributed by atoms with Crippen LogP contribution in [0.1, 0.15) is 32.6 Å². The van der Waals surface area contributed by atoms with Crippen molar-refractivity contribution in [3.63, 3.8) is 0 Å². The Hall–Kier alpha value is -1.30. The highest BCUT2D eigenvalue weighted by molar-refractivity contribution is 5.73. The Morgan fingerprint density at radius 1 is 1.44 bits per heavy atom. The third kappa shape index (κ3) is 6.44. The Bertz CT molecular complexity index is 277. The van der Waals surface area contributed by atoms with Crippen LogP contribution in [-0.4, -0.2) is 42.9 Å². The Kier molecular flexibility index (Phi) is 6.49. The lowest BCUT2D eigenvalue weighted by molar-refractivity contribution is -0.137. The molecule has 0 aromatic heterocycles. The van der Waals surface area contributed by atoms with Crippen molar-refractivity contribution in [2.24, 2.45) is 5.92 Å². The van der Waals surface area contributed by atoms with E-state index in [1.807, 2.05) is 6.92 Å². The van der Waals surface area contributed by atoms with Crippen molar-refractivity contribution in [1.29, 1.82) is 0 Å². The van der Waals surface area contributed by atoms with Crippen LogP contribution in [0.2, 0.25) is 0 Å². The molecule has 18 heavy (non-hydrogen) atoms. The molecule has 0 spiro atoms. The number of nitrogens with one attached hydrogen (secondary N) is 2. The van der Waals surface area contributed by atoms with Crippen molar-refractivity contribution < 1.29 is 19.4 Å². The van der Waals surface area contributed by atoms with E-state index in [2.05, 4.69) is 10.6 Å². The zero-order chi connectivity index (χ0) is 13.4. The SMILES string of the molecule is CC(CCC(=O)O)CNC(=O)NCC1CCCO1. The molecular weight excluding hydrogens is 236 g/mol. The van der Waals surface area contributed by atoms with Gasteiger partial charge in [-0.15, -0.1) is 0 Å². The number of carbonyl (C=O) groups excluding carboxylic acids is 1. The van der Waals surface area contributed by atoms with Crippen molar-refractivity contribution in [3.05, 3.63) is 0 Å². The molecule has 0 radical (unpaired) electrons. The molecule has 1 aliphatic rings. The molecule has 2 amide bonds. The molecule has 6 heteroatoms. The van der Waals surface area contributed by atoms with E-state index in [1.54, 1.807) is 0 Å². The summed E-state index contributed by atoms with van der Waals surface area (Å²) in [5.74, 6) is -0.640. The maximum Gasteiger partial charge on any atom is 0.314 e. The lowest BCUT2D eigenvalue weighted by Gasteiger charge is -2.14. The van der Waals surface area contributed by atoms with Gasteiger partial charge in [0.2, 0.25) is 0 Å². The summed E-state index contributed by atoms with van der Waals surface area (Å²) in [5.41, 5.74) is 0. The number of ether oxygens (including phenoxy) is 1. The van der Waals surface area contributed by atoms with Crippen LogP contribution in [0.5, 0.6) is 0 Å². The number of rotatable bonds is 7. The van der Waals surface area contributed by atoms with E-state index in [0.29, 0.717) is 19.5 Å². The Morgan fingerprint density at radius 2 is 2.22 bits per heavy atom. The molecule has 1 fully saturated rings. The molecule has 1 heterocycles. The zero-order valence-corrected chi connectivity index (χ0v) is 10.8. The summed E-state index contributed by atoms with van der Waals surface area (Å²) < 4.78 is 5.39. The molecule has 6 nitrogen and oxygen atoms in total. The predicted octanol–water partition coefficient (Wildman–Crippen LogP) is 0.965. The maximum absolute atomic E-state index is 11.4. The molecule has 0 bridgehead atoms. The van der Waals surface area contributed by atoms with Crippen LogP contribution in [-0.2, 0) is 9.53 Å². The molecule has 1 rings (SSSR count). The minimum absolute atomic E-state index is 0.139. The van der Waals surface area contributed by atoms with Gasteiger partial charge in [0.1, 0.15) is 0 Å². The van der Waals surface area contributed by atoms with Gasteiger partial charge in [0.15, 0.2) is 0 Å². The third-order valence-electron chi connectivity index (χ3n) is 2.98. The summed E-state index contributed by atoms with van der Waals surface area (Å²) in [6.07, 6.45) is 2.90. The van der Waals surface area contributed by atoms with Gasteiger partial charge in [0, 0.05) is 26.1 Å². The Morgan fingerprint density at radius 3 is 2.83 bits per heavy atom. The van der Waals surface area contributed by atoms with E-state index >= 15 is 0 Å². The van der Waals surface area contributed by atoms with E-state index in [0.717, 1.165) is 19.4 Å². The number of aliphatic carboxylic acids is 1. The summed E-state index contributed by atoms with van der Waals surface area (Å²) in [7, 11) is 0. The molecule has 0 aliphatic carbocycles. The molecule has 0 aromatic carbocycles. The molecule has 0 aromatic rings. The fraction of sp³-hybridized carbons (Fsp3) is 0.833. The van der Waals surface area contributed by atoms with Crippen LogP contribution >= 0.6 is 0 Å². The average molecular weight is 258 g/mol. The van der Waals surface area contributed by atoms with Crippen LogP contribution in [0.4, 0.5) is 4.79 Å². The second kappa shape index (κ2) is 7.92.